The molecule has 1 aliphatic rings. The van der Waals surface area contributed by atoms with Crippen LogP contribution in [-0.2, 0) is 13.2 Å². The molecule has 7 heteroatoms. The molecule has 1 atom stereocenters. The molecule has 38 heavy (non-hydrogen) atoms. The predicted octanol–water partition coefficient (Wildman–Crippen LogP) is 6.32. The van der Waals surface area contributed by atoms with Crippen LogP contribution < -0.4 is 4.74 Å². The van der Waals surface area contributed by atoms with E-state index in [1.54, 1.807) is 11.2 Å². The second kappa shape index (κ2) is 9.59. The summed E-state index contributed by atoms with van der Waals surface area (Å²) >= 11 is 0. The molecule has 1 unspecified atom stereocenters. The lowest BCUT2D eigenvalue weighted by Gasteiger charge is -2.26. The van der Waals surface area contributed by atoms with Gasteiger partial charge in [-0.3, -0.25) is 9.89 Å². The second-order valence-corrected chi connectivity index (χ2v) is 9.60. The van der Waals surface area contributed by atoms with Crippen molar-refractivity contribution in [3.63, 3.8) is 0 Å². The Bertz CT molecular complexity index is 1610. The maximum atomic E-state index is 13.7. The number of nitrogens with zero attached hydrogens (tertiary/aromatic N) is 2. The smallest absolute Gasteiger partial charge is 0.273 e. The highest BCUT2D eigenvalue weighted by atomic mass is 16.5. The van der Waals surface area contributed by atoms with Crippen LogP contribution in [-0.4, -0.2) is 26.1 Å². The van der Waals surface area contributed by atoms with Gasteiger partial charge >= 0.3 is 0 Å². The number of amides is 1. The quantitative estimate of drug-likeness (QED) is 0.270. The molecule has 5 aromatic rings. The molecule has 3 aromatic carbocycles. The van der Waals surface area contributed by atoms with Crippen LogP contribution in [0.2, 0.25) is 0 Å². The molecular weight excluding hydrogens is 478 g/mol. The number of furan rings is 1. The zero-order valence-corrected chi connectivity index (χ0v) is 21.1. The number of rotatable bonds is 7. The summed E-state index contributed by atoms with van der Waals surface area (Å²) in [5, 5.41) is 18.4. The number of hydrogen-bond acceptors (Lipinski definition) is 5. The number of phenols is 1. The summed E-state index contributed by atoms with van der Waals surface area (Å²) in [6, 6.07) is 24.8. The van der Waals surface area contributed by atoms with Crippen molar-refractivity contribution in [1.82, 2.24) is 15.1 Å². The number of phenolic OH excluding ortho intramolecular Hbond substituents is 1. The van der Waals surface area contributed by atoms with Crippen molar-refractivity contribution in [2.24, 2.45) is 0 Å². The molecular formula is C31H27N3O4. The molecule has 0 saturated heterocycles. The predicted molar refractivity (Wildman–Crippen MR) is 143 cm³/mol. The number of H-pyrrole nitrogens is 1. The summed E-state index contributed by atoms with van der Waals surface area (Å²) in [5.41, 5.74) is 5.97. The summed E-state index contributed by atoms with van der Waals surface area (Å²) in [7, 11) is 0. The normalized spacial score (nSPS) is 14.6. The summed E-state index contributed by atoms with van der Waals surface area (Å²) in [6.45, 7) is 4.55. The topological polar surface area (TPSA) is 91.6 Å². The van der Waals surface area contributed by atoms with Gasteiger partial charge in [-0.2, -0.15) is 5.10 Å². The number of carbonyl (C=O) groups is 1. The van der Waals surface area contributed by atoms with Crippen LogP contribution >= 0.6 is 0 Å². The monoisotopic (exact) mass is 505 g/mol. The number of benzene rings is 3. The Kier molecular flexibility index (Phi) is 5.96. The van der Waals surface area contributed by atoms with Crippen molar-refractivity contribution in [2.45, 2.75) is 33.0 Å². The average Bonchev–Trinajstić information content (AvgIpc) is 3.65. The number of fused-ring (bicyclic) bond motifs is 1. The van der Waals surface area contributed by atoms with E-state index >= 15 is 0 Å². The number of aromatic nitrogens is 2. The van der Waals surface area contributed by atoms with Gasteiger partial charge in [0.1, 0.15) is 35.3 Å². The first-order chi connectivity index (χ1) is 18.5. The van der Waals surface area contributed by atoms with Crippen LogP contribution in [0.4, 0.5) is 0 Å². The minimum absolute atomic E-state index is 0.153. The SMILES string of the molecule is Cc1cc(C)c(O)c(-c2n[nH]c3c2C(c2cccc(OCc4ccccc4)c2)N(Cc2ccco2)C3=O)c1. The number of aryl methyl sites for hydroxylation is 2. The van der Waals surface area contributed by atoms with E-state index in [4.69, 9.17) is 9.15 Å². The lowest BCUT2D eigenvalue weighted by atomic mass is 9.94. The van der Waals surface area contributed by atoms with Crippen LogP contribution in [0.15, 0.2) is 89.5 Å². The van der Waals surface area contributed by atoms with Gasteiger partial charge in [0.05, 0.1) is 18.8 Å². The second-order valence-electron chi connectivity index (χ2n) is 9.60. The van der Waals surface area contributed by atoms with E-state index < -0.39 is 6.04 Å². The first-order valence-electron chi connectivity index (χ1n) is 12.5. The summed E-state index contributed by atoms with van der Waals surface area (Å²) < 4.78 is 11.7. The fourth-order valence-corrected chi connectivity index (χ4v) is 5.14. The Hall–Kier alpha value is -4.78. The van der Waals surface area contributed by atoms with E-state index in [0.29, 0.717) is 35.1 Å². The third-order valence-electron chi connectivity index (χ3n) is 6.89. The minimum atomic E-state index is -0.461. The fraction of sp³-hybridized carbons (Fsp3) is 0.161. The molecule has 0 saturated carbocycles. The average molecular weight is 506 g/mol. The van der Waals surface area contributed by atoms with Crippen molar-refractivity contribution in [3.8, 4) is 22.8 Å². The molecule has 1 amide bonds. The molecule has 0 aliphatic carbocycles. The van der Waals surface area contributed by atoms with E-state index in [1.165, 1.54) is 0 Å². The molecule has 0 fully saturated rings. The number of carbonyl (C=O) groups excluding carboxylic acids is 1. The molecule has 1 aliphatic heterocycles. The lowest BCUT2D eigenvalue weighted by molar-refractivity contribution is 0.0716. The van der Waals surface area contributed by atoms with Crippen molar-refractivity contribution >= 4 is 5.91 Å². The maximum absolute atomic E-state index is 13.7. The molecule has 0 radical (unpaired) electrons. The number of aromatic hydroxyl groups is 1. The number of nitrogens with one attached hydrogen (secondary N) is 1. The highest BCUT2D eigenvalue weighted by Crippen LogP contribution is 2.46. The van der Waals surface area contributed by atoms with Crippen LogP contribution in [0.3, 0.4) is 0 Å². The third-order valence-corrected chi connectivity index (χ3v) is 6.89. The van der Waals surface area contributed by atoms with Crippen LogP contribution in [0.25, 0.3) is 11.3 Å². The molecule has 3 heterocycles. The van der Waals surface area contributed by atoms with Crippen molar-refractivity contribution in [2.75, 3.05) is 0 Å². The molecule has 2 N–H and O–H groups in total. The van der Waals surface area contributed by atoms with Gasteiger partial charge in [0.15, 0.2) is 0 Å². The van der Waals surface area contributed by atoms with Crippen molar-refractivity contribution in [3.05, 3.63) is 124 Å². The van der Waals surface area contributed by atoms with Gasteiger partial charge in [-0.25, -0.2) is 0 Å². The van der Waals surface area contributed by atoms with Crippen LogP contribution in [0.5, 0.6) is 11.5 Å². The largest absolute Gasteiger partial charge is 0.507 e. The number of ether oxygens (including phenoxy) is 1. The Labute approximate surface area is 220 Å². The zero-order valence-electron chi connectivity index (χ0n) is 21.1. The summed E-state index contributed by atoms with van der Waals surface area (Å²) in [5.74, 6) is 1.35. The van der Waals surface area contributed by atoms with Gasteiger partial charge < -0.3 is 19.2 Å². The van der Waals surface area contributed by atoms with Crippen LogP contribution in [0, 0.1) is 13.8 Å². The van der Waals surface area contributed by atoms with Gasteiger partial charge in [0.2, 0.25) is 0 Å². The van der Waals surface area contributed by atoms with E-state index in [1.807, 2.05) is 92.7 Å². The zero-order chi connectivity index (χ0) is 26.2. The Balaban J connectivity index is 1.44. The number of hydrogen-bond donors (Lipinski definition) is 2. The summed E-state index contributed by atoms with van der Waals surface area (Å²) in [4.78, 5) is 15.5. The highest BCUT2D eigenvalue weighted by molar-refractivity contribution is 6.00. The van der Waals surface area contributed by atoms with Gasteiger partial charge in [-0.15, -0.1) is 0 Å². The van der Waals surface area contributed by atoms with Crippen molar-refractivity contribution in [1.29, 1.82) is 0 Å². The third kappa shape index (κ3) is 4.22. The van der Waals surface area contributed by atoms with Crippen molar-refractivity contribution < 1.29 is 19.1 Å². The minimum Gasteiger partial charge on any atom is -0.507 e. The fourth-order valence-electron chi connectivity index (χ4n) is 5.14. The summed E-state index contributed by atoms with van der Waals surface area (Å²) in [6.07, 6.45) is 1.60. The first-order valence-corrected chi connectivity index (χ1v) is 12.5. The Morgan fingerprint density at radius 2 is 1.87 bits per heavy atom. The molecule has 0 spiro atoms. The van der Waals surface area contributed by atoms with Gasteiger partial charge in [-0.1, -0.05) is 48.5 Å². The standard InChI is InChI=1S/C31H27N3O4/c1-19-14-20(2)30(35)25(15-19)27-26-28(33-32-27)31(36)34(17-24-12-7-13-37-24)29(26)22-10-6-11-23(16-22)38-18-21-8-4-3-5-9-21/h3-16,29,35H,17-18H2,1-2H3,(H,32,33). The van der Waals surface area contributed by atoms with E-state index in [0.717, 1.165) is 27.8 Å². The van der Waals surface area contributed by atoms with Gasteiger partial charge in [0.25, 0.3) is 5.91 Å². The van der Waals surface area contributed by atoms with Gasteiger partial charge in [0, 0.05) is 11.1 Å². The number of aromatic amines is 1. The lowest BCUT2D eigenvalue weighted by Crippen LogP contribution is -2.29. The molecule has 2 aromatic heterocycles. The van der Waals surface area contributed by atoms with Crippen LogP contribution in [0.1, 0.15) is 50.1 Å². The molecule has 6 rings (SSSR count). The highest BCUT2D eigenvalue weighted by Gasteiger charge is 2.43. The molecule has 7 nitrogen and oxygen atoms in total. The van der Waals surface area contributed by atoms with E-state index in [2.05, 4.69) is 10.2 Å². The Morgan fingerprint density at radius 3 is 2.66 bits per heavy atom. The van der Waals surface area contributed by atoms with Gasteiger partial charge in [-0.05, 0) is 66.4 Å². The first kappa shape index (κ1) is 23.6. The van der Waals surface area contributed by atoms with E-state index in [-0.39, 0.29) is 18.2 Å². The van der Waals surface area contributed by atoms with E-state index in [9.17, 15) is 9.90 Å². The molecule has 190 valence electrons. The maximum Gasteiger partial charge on any atom is 0.273 e. The Morgan fingerprint density at radius 1 is 1.03 bits per heavy atom. The molecule has 0 bridgehead atoms.